The molecule has 2 amide bonds. The lowest BCUT2D eigenvalue weighted by Gasteiger charge is -2.13. The molecule has 0 aliphatic rings. The second kappa shape index (κ2) is 9.04. The van der Waals surface area contributed by atoms with Crippen molar-refractivity contribution < 1.29 is 18.7 Å². The normalized spacial score (nSPS) is 10.4. The molecule has 0 aliphatic carbocycles. The van der Waals surface area contributed by atoms with Crippen LogP contribution in [0, 0.1) is 5.82 Å². The van der Waals surface area contributed by atoms with Crippen molar-refractivity contribution in [2.45, 2.75) is 13.5 Å². The Hall–Kier alpha value is -3.94. The highest BCUT2D eigenvalue weighted by atomic mass is 19.1. The van der Waals surface area contributed by atoms with Gasteiger partial charge in [-0.05, 0) is 48.0 Å². The van der Waals surface area contributed by atoms with Crippen LogP contribution >= 0.6 is 0 Å². The first-order chi connectivity index (χ1) is 14.4. The van der Waals surface area contributed by atoms with E-state index < -0.39 is 11.5 Å². The van der Waals surface area contributed by atoms with Crippen LogP contribution in [0.25, 0.3) is 0 Å². The summed E-state index contributed by atoms with van der Waals surface area (Å²) in [6.45, 7) is 1.57. The van der Waals surface area contributed by atoms with Gasteiger partial charge in [0.2, 0.25) is 5.91 Å². The molecule has 0 unspecified atom stereocenters. The summed E-state index contributed by atoms with van der Waals surface area (Å²) in [5, 5.41) is 5.28. The zero-order chi connectivity index (χ0) is 21.7. The SMILES string of the molecule is COc1ccc(NC(C)=O)cc1NC(=O)c1cccn(Cc2ccc(F)cc2)c1=O. The average Bonchev–Trinajstić information content (AvgIpc) is 2.71. The molecule has 0 saturated carbocycles. The van der Waals surface area contributed by atoms with E-state index in [2.05, 4.69) is 10.6 Å². The fraction of sp³-hybridized carbons (Fsp3) is 0.136. The smallest absolute Gasteiger partial charge is 0.263 e. The number of carbonyl (C=O) groups is 2. The molecule has 3 aromatic rings. The Morgan fingerprint density at radius 3 is 2.47 bits per heavy atom. The first-order valence-electron chi connectivity index (χ1n) is 9.08. The van der Waals surface area contributed by atoms with Crippen molar-refractivity contribution in [3.63, 3.8) is 0 Å². The zero-order valence-electron chi connectivity index (χ0n) is 16.4. The van der Waals surface area contributed by atoms with E-state index in [0.717, 1.165) is 5.56 Å². The van der Waals surface area contributed by atoms with Crippen LogP contribution in [0.5, 0.6) is 5.75 Å². The number of methoxy groups -OCH3 is 1. The summed E-state index contributed by atoms with van der Waals surface area (Å²) in [7, 11) is 1.45. The van der Waals surface area contributed by atoms with E-state index >= 15 is 0 Å². The van der Waals surface area contributed by atoms with Crippen molar-refractivity contribution >= 4 is 23.2 Å². The van der Waals surface area contributed by atoms with Gasteiger partial charge in [-0.25, -0.2) is 4.39 Å². The van der Waals surface area contributed by atoms with E-state index in [4.69, 9.17) is 4.74 Å². The summed E-state index contributed by atoms with van der Waals surface area (Å²) >= 11 is 0. The number of aromatic nitrogens is 1. The standard InChI is InChI=1S/C22H20FN3O4/c1-14(27)24-17-9-10-20(30-2)19(12-17)25-21(28)18-4-3-11-26(22(18)29)13-15-5-7-16(23)8-6-15/h3-12H,13H2,1-2H3,(H,24,27)(H,25,28). The highest BCUT2D eigenvalue weighted by Crippen LogP contribution is 2.28. The van der Waals surface area contributed by atoms with Crippen molar-refractivity contribution in [2.24, 2.45) is 0 Å². The van der Waals surface area contributed by atoms with E-state index in [-0.39, 0.29) is 23.8 Å². The first kappa shape index (κ1) is 20.8. The van der Waals surface area contributed by atoms with E-state index in [1.54, 1.807) is 36.5 Å². The molecule has 0 radical (unpaired) electrons. The Balaban J connectivity index is 1.86. The number of ether oxygens (including phenoxy) is 1. The molecule has 1 heterocycles. The molecule has 0 aliphatic heterocycles. The largest absolute Gasteiger partial charge is 0.495 e. The highest BCUT2D eigenvalue weighted by Gasteiger charge is 2.15. The number of carbonyl (C=O) groups excluding carboxylic acids is 2. The number of pyridine rings is 1. The Labute approximate surface area is 172 Å². The van der Waals surface area contributed by atoms with Crippen LogP contribution in [0.3, 0.4) is 0 Å². The van der Waals surface area contributed by atoms with Crippen molar-refractivity contribution in [1.82, 2.24) is 4.57 Å². The van der Waals surface area contributed by atoms with Gasteiger partial charge in [-0.1, -0.05) is 12.1 Å². The lowest BCUT2D eigenvalue weighted by Crippen LogP contribution is -2.29. The number of benzene rings is 2. The van der Waals surface area contributed by atoms with Gasteiger partial charge in [0.15, 0.2) is 0 Å². The van der Waals surface area contributed by atoms with Crippen molar-refractivity contribution in [3.8, 4) is 5.75 Å². The predicted molar refractivity (Wildman–Crippen MR) is 111 cm³/mol. The first-order valence-corrected chi connectivity index (χ1v) is 9.08. The highest BCUT2D eigenvalue weighted by molar-refractivity contribution is 6.05. The topological polar surface area (TPSA) is 89.4 Å². The van der Waals surface area contributed by atoms with Gasteiger partial charge < -0.3 is 19.9 Å². The third-order valence-corrected chi connectivity index (χ3v) is 4.30. The zero-order valence-corrected chi connectivity index (χ0v) is 16.4. The van der Waals surface area contributed by atoms with Crippen molar-refractivity contribution in [1.29, 1.82) is 0 Å². The van der Waals surface area contributed by atoms with Gasteiger partial charge in [0, 0.05) is 18.8 Å². The van der Waals surface area contributed by atoms with Crippen molar-refractivity contribution in [3.05, 3.63) is 88.1 Å². The maximum atomic E-state index is 13.1. The maximum Gasteiger partial charge on any atom is 0.263 e. The number of nitrogens with zero attached hydrogens (tertiary/aromatic N) is 1. The average molecular weight is 409 g/mol. The summed E-state index contributed by atoms with van der Waals surface area (Å²) < 4.78 is 19.7. The molecule has 154 valence electrons. The molecule has 1 aromatic heterocycles. The summed E-state index contributed by atoms with van der Waals surface area (Å²) in [4.78, 5) is 36.8. The van der Waals surface area contributed by atoms with Crippen LogP contribution < -0.4 is 20.9 Å². The van der Waals surface area contributed by atoms with Crippen LogP contribution in [0.2, 0.25) is 0 Å². The minimum absolute atomic E-state index is 0.0633. The number of hydrogen-bond acceptors (Lipinski definition) is 4. The minimum atomic E-state index is -0.619. The van der Waals surface area contributed by atoms with E-state index in [1.807, 2.05) is 0 Å². The van der Waals surface area contributed by atoms with Gasteiger partial charge in [0.25, 0.3) is 11.5 Å². The van der Waals surface area contributed by atoms with Crippen LogP contribution in [0.4, 0.5) is 15.8 Å². The van der Waals surface area contributed by atoms with Gasteiger partial charge in [-0.2, -0.15) is 0 Å². The third-order valence-electron chi connectivity index (χ3n) is 4.30. The van der Waals surface area contributed by atoms with E-state index in [0.29, 0.717) is 17.1 Å². The third kappa shape index (κ3) is 4.91. The fourth-order valence-electron chi connectivity index (χ4n) is 2.90. The van der Waals surface area contributed by atoms with Gasteiger partial charge >= 0.3 is 0 Å². The molecule has 7 nitrogen and oxygen atoms in total. The van der Waals surface area contributed by atoms with E-state index in [9.17, 15) is 18.8 Å². The predicted octanol–water partition coefficient (Wildman–Crippen LogP) is 3.26. The Kier molecular flexibility index (Phi) is 6.26. The second-order valence-electron chi connectivity index (χ2n) is 6.53. The molecule has 2 N–H and O–H groups in total. The minimum Gasteiger partial charge on any atom is -0.495 e. The number of rotatable bonds is 6. The molecular formula is C22H20FN3O4. The van der Waals surface area contributed by atoms with Gasteiger partial charge in [-0.15, -0.1) is 0 Å². The van der Waals surface area contributed by atoms with Gasteiger partial charge in [0.05, 0.1) is 19.3 Å². The van der Waals surface area contributed by atoms with Gasteiger partial charge in [0.1, 0.15) is 17.1 Å². The number of hydrogen-bond donors (Lipinski definition) is 2. The lowest BCUT2D eigenvalue weighted by atomic mass is 10.2. The van der Waals surface area contributed by atoms with E-state index in [1.165, 1.54) is 42.9 Å². The number of halogens is 1. The molecule has 0 fully saturated rings. The summed E-state index contributed by atoms with van der Waals surface area (Å²) in [6.07, 6.45) is 1.56. The number of nitrogens with one attached hydrogen (secondary N) is 2. The van der Waals surface area contributed by atoms with Crippen LogP contribution in [-0.4, -0.2) is 23.5 Å². The van der Waals surface area contributed by atoms with Crippen molar-refractivity contribution in [2.75, 3.05) is 17.7 Å². The summed E-state index contributed by atoms with van der Waals surface area (Å²) in [6, 6.07) is 13.6. The van der Waals surface area contributed by atoms with Crippen LogP contribution in [0.15, 0.2) is 65.6 Å². The summed E-state index contributed by atoms with van der Waals surface area (Å²) in [5.41, 5.74) is 0.950. The molecule has 0 saturated heterocycles. The molecule has 8 heteroatoms. The Bertz CT molecular complexity index is 1140. The molecular weight excluding hydrogens is 389 g/mol. The van der Waals surface area contributed by atoms with Gasteiger partial charge in [-0.3, -0.25) is 14.4 Å². The Morgan fingerprint density at radius 2 is 1.80 bits per heavy atom. The van der Waals surface area contributed by atoms with Crippen LogP contribution in [-0.2, 0) is 11.3 Å². The lowest BCUT2D eigenvalue weighted by molar-refractivity contribution is -0.114. The molecule has 2 aromatic carbocycles. The van der Waals surface area contributed by atoms with Crippen LogP contribution in [0.1, 0.15) is 22.8 Å². The maximum absolute atomic E-state index is 13.1. The molecule has 0 spiro atoms. The molecule has 0 bridgehead atoms. The number of amides is 2. The monoisotopic (exact) mass is 409 g/mol. The number of anilines is 2. The quantitative estimate of drug-likeness (QED) is 0.654. The molecule has 30 heavy (non-hydrogen) atoms. The Morgan fingerprint density at radius 1 is 1.07 bits per heavy atom. The second-order valence-corrected chi connectivity index (χ2v) is 6.53. The fourth-order valence-corrected chi connectivity index (χ4v) is 2.90. The molecule has 0 atom stereocenters. The molecule has 3 rings (SSSR count). The summed E-state index contributed by atoms with van der Waals surface area (Å²) in [5.74, 6) is -0.870.